The number of urea groups is 1. The third kappa shape index (κ3) is 4.72. The van der Waals surface area contributed by atoms with E-state index in [2.05, 4.69) is 5.32 Å². The number of halogens is 1. The molecule has 20 heavy (non-hydrogen) atoms. The molecule has 0 saturated heterocycles. The lowest BCUT2D eigenvalue weighted by atomic mass is 10.1. The largest absolute Gasteiger partial charge is 0.389 e. The van der Waals surface area contributed by atoms with Gasteiger partial charge >= 0.3 is 6.03 Å². The first-order chi connectivity index (χ1) is 9.26. The Morgan fingerprint density at radius 1 is 1.55 bits per heavy atom. The summed E-state index contributed by atoms with van der Waals surface area (Å²) in [6, 6.07) is 6.31. The van der Waals surface area contributed by atoms with Crippen LogP contribution in [0.2, 0.25) is 5.02 Å². The van der Waals surface area contributed by atoms with Gasteiger partial charge in [0, 0.05) is 12.2 Å². The molecule has 0 spiro atoms. The van der Waals surface area contributed by atoms with Crippen LogP contribution in [0.3, 0.4) is 0 Å². The van der Waals surface area contributed by atoms with Crippen molar-refractivity contribution in [2.24, 2.45) is 0 Å². The summed E-state index contributed by atoms with van der Waals surface area (Å²) in [4.78, 5) is 13.6. The van der Waals surface area contributed by atoms with Crippen LogP contribution in [-0.4, -0.2) is 34.7 Å². The van der Waals surface area contributed by atoms with E-state index in [9.17, 15) is 9.90 Å². The summed E-state index contributed by atoms with van der Waals surface area (Å²) in [6.07, 6.45) is 0. The molecule has 1 rings (SSSR count). The number of aliphatic hydroxyl groups is 1. The first-order valence-electron chi connectivity index (χ1n) is 6.25. The van der Waals surface area contributed by atoms with Crippen molar-refractivity contribution >= 4 is 23.3 Å². The number of likely N-dealkylation sites (N-methyl/N-ethyl adjacent to an activating group) is 1. The number of hydrogen-bond acceptors (Lipinski definition) is 3. The van der Waals surface area contributed by atoms with Gasteiger partial charge in [-0.1, -0.05) is 11.6 Å². The fraction of sp³-hybridized carbons (Fsp3) is 0.429. The molecule has 108 valence electrons. The van der Waals surface area contributed by atoms with Crippen molar-refractivity contribution in [1.29, 1.82) is 5.26 Å². The molecule has 0 unspecified atom stereocenters. The lowest BCUT2D eigenvalue weighted by Gasteiger charge is -2.28. The zero-order valence-electron chi connectivity index (χ0n) is 11.8. The van der Waals surface area contributed by atoms with E-state index in [1.807, 2.05) is 13.0 Å². The number of hydrogen-bond donors (Lipinski definition) is 2. The predicted octanol–water partition coefficient (Wildman–Crippen LogP) is 2.84. The fourth-order valence-corrected chi connectivity index (χ4v) is 1.90. The quantitative estimate of drug-likeness (QED) is 0.896. The van der Waals surface area contributed by atoms with E-state index < -0.39 is 5.60 Å². The van der Waals surface area contributed by atoms with Crippen LogP contribution in [0.5, 0.6) is 0 Å². The Balaban J connectivity index is 2.79. The molecule has 2 amide bonds. The minimum absolute atomic E-state index is 0.222. The fourth-order valence-electron chi connectivity index (χ4n) is 1.68. The molecular weight excluding hydrogens is 278 g/mol. The van der Waals surface area contributed by atoms with Gasteiger partial charge in [0.15, 0.2) is 0 Å². The Hall–Kier alpha value is -1.77. The summed E-state index contributed by atoms with van der Waals surface area (Å²) in [5.41, 5.74) is -0.1000. The maximum Gasteiger partial charge on any atom is 0.321 e. The zero-order chi connectivity index (χ0) is 15.3. The van der Waals surface area contributed by atoms with Crippen LogP contribution in [0, 0.1) is 11.3 Å². The lowest BCUT2D eigenvalue weighted by molar-refractivity contribution is 0.0501. The Morgan fingerprint density at radius 2 is 2.20 bits per heavy atom. The van der Waals surface area contributed by atoms with Gasteiger partial charge in [-0.05, 0) is 39.0 Å². The van der Waals surface area contributed by atoms with Crippen LogP contribution < -0.4 is 5.32 Å². The van der Waals surface area contributed by atoms with Crippen molar-refractivity contribution in [3.05, 3.63) is 28.8 Å². The third-order valence-corrected chi connectivity index (χ3v) is 2.90. The van der Waals surface area contributed by atoms with Crippen molar-refractivity contribution in [2.75, 3.05) is 18.4 Å². The van der Waals surface area contributed by atoms with E-state index in [4.69, 9.17) is 16.9 Å². The third-order valence-electron chi connectivity index (χ3n) is 2.59. The molecule has 0 aliphatic carbocycles. The maximum atomic E-state index is 12.1. The van der Waals surface area contributed by atoms with Gasteiger partial charge in [-0.2, -0.15) is 5.26 Å². The highest BCUT2D eigenvalue weighted by molar-refractivity contribution is 6.32. The highest BCUT2D eigenvalue weighted by atomic mass is 35.5. The highest BCUT2D eigenvalue weighted by Gasteiger charge is 2.21. The normalized spacial score (nSPS) is 10.8. The van der Waals surface area contributed by atoms with E-state index in [1.54, 1.807) is 26.0 Å². The number of carbonyl (C=O) groups excluding carboxylic acids is 1. The highest BCUT2D eigenvalue weighted by Crippen LogP contribution is 2.20. The zero-order valence-corrected chi connectivity index (χ0v) is 12.5. The van der Waals surface area contributed by atoms with Crippen molar-refractivity contribution in [2.45, 2.75) is 26.4 Å². The lowest BCUT2D eigenvalue weighted by Crippen LogP contribution is -2.44. The molecule has 0 fully saturated rings. The van der Waals surface area contributed by atoms with Gasteiger partial charge in [0.2, 0.25) is 0 Å². The summed E-state index contributed by atoms with van der Waals surface area (Å²) in [5, 5.41) is 21.5. The number of anilines is 1. The summed E-state index contributed by atoms with van der Waals surface area (Å²) >= 11 is 5.91. The van der Waals surface area contributed by atoms with E-state index >= 15 is 0 Å². The summed E-state index contributed by atoms with van der Waals surface area (Å²) < 4.78 is 0. The van der Waals surface area contributed by atoms with Crippen molar-refractivity contribution in [3.63, 3.8) is 0 Å². The van der Waals surface area contributed by atoms with Gasteiger partial charge in [0.1, 0.15) is 6.07 Å². The maximum absolute atomic E-state index is 12.1. The second-order valence-corrected chi connectivity index (χ2v) is 5.47. The Labute approximate surface area is 123 Å². The van der Waals surface area contributed by atoms with E-state index in [0.29, 0.717) is 17.8 Å². The number of benzene rings is 1. The molecule has 5 nitrogen and oxygen atoms in total. The number of nitrogens with zero attached hydrogens (tertiary/aromatic N) is 2. The number of nitriles is 1. The number of amides is 2. The standard InChI is InChI=1S/C14H18ClN3O2/c1-4-18(9-14(2,3)20)13(19)17-11-6-5-10(8-16)12(15)7-11/h5-7,20H,4,9H2,1-3H3,(H,17,19). The van der Waals surface area contributed by atoms with E-state index in [-0.39, 0.29) is 17.6 Å². The molecule has 1 aromatic rings. The molecule has 0 saturated carbocycles. The average molecular weight is 296 g/mol. The molecule has 0 heterocycles. The summed E-state index contributed by atoms with van der Waals surface area (Å²) in [6.45, 7) is 5.80. The first kappa shape index (κ1) is 16.3. The van der Waals surface area contributed by atoms with Crippen LogP contribution >= 0.6 is 11.6 Å². The average Bonchev–Trinajstić information content (AvgIpc) is 2.35. The topological polar surface area (TPSA) is 76.4 Å². The van der Waals surface area contributed by atoms with Gasteiger partial charge in [-0.15, -0.1) is 0 Å². The molecular formula is C14H18ClN3O2. The number of nitrogens with one attached hydrogen (secondary N) is 1. The minimum atomic E-state index is -0.963. The van der Waals surface area contributed by atoms with Gasteiger partial charge in [-0.25, -0.2) is 4.79 Å². The van der Waals surface area contributed by atoms with E-state index in [1.165, 1.54) is 11.0 Å². The Kier molecular flexibility index (Phi) is 5.37. The first-order valence-corrected chi connectivity index (χ1v) is 6.62. The molecule has 0 aliphatic rings. The molecule has 2 N–H and O–H groups in total. The monoisotopic (exact) mass is 295 g/mol. The van der Waals surface area contributed by atoms with Crippen molar-refractivity contribution in [1.82, 2.24) is 4.90 Å². The molecule has 0 bridgehead atoms. The van der Waals surface area contributed by atoms with Gasteiger partial charge in [-0.3, -0.25) is 0 Å². The van der Waals surface area contributed by atoms with Crippen LogP contribution in [0.15, 0.2) is 18.2 Å². The van der Waals surface area contributed by atoms with Crippen LogP contribution in [-0.2, 0) is 0 Å². The van der Waals surface area contributed by atoms with Gasteiger partial charge < -0.3 is 15.3 Å². The molecule has 0 aliphatic heterocycles. The summed E-state index contributed by atoms with van der Waals surface area (Å²) in [5.74, 6) is 0. The minimum Gasteiger partial charge on any atom is -0.389 e. The van der Waals surface area contributed by atoms with Gasteiger partial charge in [0.25, 0.3) is 0 Å². The van der Waals surface area contributed by atoms with Crippen molar-refractivity contribution < 1.29 is 9.90 Å². The smallest absolute Gasteiger partial charge is 0.321 e. The molecule has 6 heteroatoms. The molecule has 0 atom stereocenters. The number of rotatable bonds is 4. The van der Waals surface area contributed by atoms with Crippen molar-refractivity contribution in [3.8, 4) is 6.07 Å². The molecule has 0 aromatic heterocycles. The summed E-state index contributed by atoms with van der Waals surface area (Å²) in [7, 11) is 0. The molecule has 0 radical (unpaired) electrons. The van der Waals surface area contributed by atoms with E-state index in [0.717, 1.165) is 0 Å². The number of carbonyl (C=O) groups is 1. The Morgan fingerprint density at radius 3 is 2.65 bits per heavy atom. The second kappa shape index (κ2) is 6.60. The predicted molar refractivity (Wildman–Crippen MR) is 78.7 cm³/mol. The SMILES string of the molecule is CCN(CC(C)(C)O)C(=O)Nc1ccc(C#N)c(Cl)c1. The Bertz CT molecular complexity index is 532. The second-order valence-electron chi connectivity index (χ2n) is 5.06. The molecule has 1 aromatic carbocycles. The van der Waals surface area contributed by atoms with Crippen LogP contribution in [0.25, 0.3) is 0 Å². The van der Waals surface area contributed by atoms with Gasteiger partial charge in [0.05, 0.1) is 22.7 Å². The van der Waals surface area contributed by atoms with Crippen LogP contribution in [0.4, 0.5) is 10.5 Å². The van der Waals surface area contributed by atoms with Crippen LogP contribution in [0.1, 0.15) is 26.3 Å².